The monoisotopic (exact) mass is 465 g/mol. The van der Waals surface area contributed by atoms with Crippen molar-refractivity contribution in [3.63, 3.8) is 0 Å². The Bertz CT molecular complexity index is 1160. The molecule has 156 valence electrons. The van der Waals surface area contributed by atoms with E-state index in [1.807, 2.05) is 0 Å². The van der Waals surface area contributed by atoms with Gasteiger partial charge in [0.2, 0.25) is 10.0 Å². The van der Waals surface area contributed by atoms with Gasteiger partial charge in [-0.15, -0.1) is 0 Å². The third-order valence-electron chi connectivity index (χ3n) is 3.98. The Kier molecular flexibility index (Phi) is 6.57. The Balaban J connectivity index is 1.75. The van der Waals surface area contributed by atoms with Gasteiger partial charge >= 0.3 is 0 Å². The van der Waals surface area contributed by atoms with Crippen LogP contribution < -0.4 is 10.6 Å². The van der Waals surface area contributed by atoms with Crippen molar-refractivity contribution in [2.75, 3.05) is 24.7 Å². The van der Waals surface area contributed by atoms with Crippen LogP contribution >= 0.6 is 23.2 Å². The van der Waals surface area contributed by atoms with Crippen LogP contribution in [-0.4, -0.2) is 42.7 Å². The van der Waals surface area contributed by atoms with Gasteiger partial charge in [0.15, 0.2) is 0 Å². The highest BCUT2D eigenvalue weighted by atomic mass is 35.5. The van der Waals surface area contributed by atoms with Crippen LogP contribution in [0.4, 0.5) is 17.3 Å². The van der Waals surface area contributed by atoms with E-state index < -0.39 is 15.9 Å². The highest BCUT2D eigenvalue weighted by molar-refractivity contribution is 7.89. The normalized spacial score (nSPS) is 11.4. The summed E-state index contributed by atoms with van der Waals surface area (Å²) in [4.78, 5) is 20.9. The summed E-state index contributed by atoms with van der Waals surface area (Å²) in [6.45, 7) is 0. The number of pyridine rings is 2. The summed E-state index contributed by atoms with van der Waals surface area (Å²) in [5, 5.41) is 6.15. The standard InChI is InChI=1S/C19H17Cl2N5O3S/c1-26(2)30(28,29)13-6-7-16(23-11-13)25-17-10-12(8-9-22-17)24-19(27)18-14(20)4-3-5-15(18)21/h3-11H,1-2H3,(H2,22,23,24,25,27). The van der Waals surface area contributed by atoms with Crippen molar-refractivity contribution in [2.24, 2.45) is 0 Å². The van der Waals surface area contributed by atoms with E-state index in [4.69, 9.17) is 23.2 Å². The van der Waals surface area contributed by atoms with Gasteiger partial charge < -0.3 is 10.6 Å². The summed E-state index contributed by atoms with van der Waals surface area (Å²) in [5.74, 6) is 0.325. The van der Waals surface area contributed by atoms with E-state index in [0.29, 0.717) is 17.3 Å². The van der Waals surface area contributed by atoms with Gasteiger partial charge in [0.25, 0.3) is 5.91 Å². The highest BCUT2D eigenvalue weighted by Gasteiger charge is 2.18. The summed E-state index contributed by atoms with van der Waals surface area (Å²) in [5.41, 5.74) is 0.631. The average Bonchev–Trinajstić information content (AvgIpc) is 2.68. The summed E-state index contributed by atoms with van der Waals surface area (Å²) < 4.78 is 25.3. The molecular weight excluding hydrogens is 449 g/mol. The van der Waals surface area contributed by atoms with Crippen molar-refractivity contribution in [3.05, 3.63) is 70.5 Å². The molecule has 0 spiro atoms. The number of nitrogens with zero attached hydrogens (tertiary/aromatic N) is 3. The van der Waals surface area contributed by atoms with Gasteiger partial charge in [-0.2, -0.15) is 0 Å². The molecule has 0 aliphatic carbocycles. The molecule has 3 aromatic rings. The third kappa shape index (κ3) is 4.88. The van der Waals surface area contributed by atoms with Crippen LogP contribution in [-0.2, 0) is 10.0 Å². The summed E-state index contributed by atoms with van der Waals surface area (Å²) in [6.07, 6.45) is 2.75. The van der Waals surface area contributed by atoms with Crippen molar-refractivity contribution in [2.45, 2.75) is 4.90 Å². The quantitative estimate of drug-likeness (QED) is 0.569. The molecule has 0 atom stereocenters. The molecule has 0 aliphatic rings. The number of rotatable bonds is 6. The van der Waals surface area contributed by atoms with E-state index in [1.165, 1.54) is 38.6 Å². The fraction of sp³-hybridized carbons (Fsp3) is 0.105. The minimum atomic E-state index is -3.56. The molecule has 0 bridgehead atoms. The molecule has 11 heteroatoms. The lowest BCUT2D eigenvalue weighted by atomic mass is 10.2. The zero-order chi connectivity index (χ0) is 21.9. The number of sulfonamides is 1. The van der Waals surface area contributed by atoms with Crippen LogP contribution in [0.1, 0.15) is 10.4 Å². The van der Waals surface area contributed by atoms with Gasteiger partial charge in [0.1, 0.15) is 16.5 Å². The maximum absolute atomic E-state index is 12.5. The number of carbonyl (C=O) groups is 1. The van der Waals surface area contributed by atoms with Gasteiger partial charge in [-0.1, -0.05) is 29.3 Å². The maximum Gasteiger partial charge on any atom is 0.258 e. The van der Waals surface area contributed by atoms with Gasteiger partial charge in [-0.05, 0) is 30.3 Å². The fourth-order valence-electron chi connectivity index (χ4n) is 2.43. The number of hydrogen-bond donors (Lipinski definition) is 2. The lowest BCUT2D eigenvalue weighted by Gasteiger charge is -2.12. The van der Waals surface area contributed by atoms with Crippen molar-refractivity contribution in [1.29, 1.82) is 0 Å². The van der Waals surface area contributed by atoms with Crippen molar-refractivity contribution < 1.29 is 13.2 Å². The molecule has 2 aromatic heterocycles. The predicted octanol–water partition coefficient (Wildman–Crippen LogP) is 4.03. The molecular formula is C19H17Cl2N5O3S. The van der Waals surface area contributed by atoms with Gasteiger partial charge in [0.05, 0.1) is 15.6 Å². The molecule has 3 rings (SSSR count). The minimum Gasteiger partial charge on any atom is -0.325 e. The number of hydrogen-bond acceptors (Lipinski definition) is 6. The summed E-state index contributed by atoms with van der Waals surface area (Å²) in [7, 11) is -0.671. The van der Waals surface area contributed by atoms with E-state index in [0.717, 1.165) is 4.31 Å². The van der Waals surface area contributed by atoms with Gasteiger partial charge in [-0.3, -0.25) is 4.79 Å². The molecule has 30 heavy (non-hydrogen) atoms. The molecule has 0 fully saturated rings. The van der Waals surface area contributed by atoms with E-state index >= 15 is 0 Å². The topological polar surface area (TPSA) is 104 Å². The molecule has 0 radical (unpaired) electrons. The first kappa shape index (κ1) is 22.0. The van der Waals surface area contributed by atoms with Crippen LogP contribution in [0, 0.1) is 0 Å². The van der Waals surface area contributed by atoms with E-state index in [2.05, 4.69) is 20.6 Å². The number of carbonyl (C=O) groups excluding carboxylic acids is 1. The largest absolute Gasteiger partial charge is 0.325 e. The Morgan fingerprint density at radius 3 is 2.30 bits per heavy atom. The average molecular weight is 466 g/mol. The van der Waals surface area contributed by atoms with E-state index in [9.17, 15) is 13.2 Å². The Labute approximate surface area is 183 Å². The first-order valence-electron chi connectivity index (χ1n) is 8.55. The second-order valence-corrected chi connectivity index (χ2v) is 9.24. The Morgan fingerprint density at radius 1 is 1.00 bits per heavy atom. The Morgan fingerprint density at radius 2 is 1.70 bits per heavy atom. The zero-order valence-electron chi connectivity index (χ0n) is 15.9. The first-order chi connectivity index (χ1) is 14.2. The van der Waals surface area contributed by atoms with Crippen molar-refractivity contribution in [1.82, 2.24) is 14.3 Å². The number of halogens is 2. The fourth-order valence-corrected chi connectivity index (χ4v) is 3.85. The first-order valence-corrected chi connectivity index (χ1v) is 10.7. The molecule has 1 aromatic carbocycles. The smallest absolute Gasteiger partial charge is 0.258 e. The molecule has 8 nitrogen and oxygen atoms in total. The van der Waals surface area contributed by atoms with Gasteiger partial charge in [-0.25, -0.2) is 22.7 Å². The number of amides is 1. The predicted molar refractivity (Wildman–Crippen MR) is 117 cm³/mol. The molecule has 0 saturated carbocycles. The van der Waals surface area contributed by atoms with E-state index in [1.54, 1.807) is 30.3 Å². The summed E-state index contributed by atoms with van der Waals surface area (Å²) in [6, 6.07) is 11.0. The number of nitrogens with one attached hydrogen (secondary N) is 2. The SMILES string of the molecule is CN(C)S(=O)(=O)c1ccc(Nc2cc(NC(=O)c3c(Cl)cccc3Cl)ccn2)nc1. The second kappa shape index (κ2) is 8.97. The maximum atomic E-state index is 12.5. The number of aromatic nitrogens is 2. The third-order valence-corrected chi connectivity index (χ3v) is 6.41. The second-order valence-electron chi connectivity index (χ2n) is 6.27. The molecule has 1 amide bonds. The molecule has 0 unspecified atom stereocenters. The van der Waals surface area contributed by atoms with Crippen LogP contribution in [0.5, 0.6) is 0 Å². The molecule has 0 saturated heterocycles. The van der Waals surface area contributed by atoms with Crippen LogP contribution in [0.25, 0.3) is 0 Å². The number of anilines is 3. The van der Waals surface area contributed by atoms with Crippen molar-refractivity contribution >= 4 is 56.5 Å². The lowest BCUT2D eigenvalue weighted by molar-refractivity contribution is 0.102. The summed E-state index contributed by atoms with van der Waals surface area (Å²) >= 11 is 12.1. The van der Waals surface area contributed by atoms with Crippen LogP contribution in [0.15, 0.2) is 59.8 Å². The zero-order valence-corrected chi connectivity index (χ0v) is 18.3. The van der Waals surface area contributed by atoms with Gasteiger partial charge in [0, 0.05) is 38.2 Å². The minimum absolute atomic E-state index is 0.0728. The van der Waals surface area contributed by atoms with E-state index in [-0.39, 0.29) is 20.5 Å². The highest BCUT2D eigenvalue weighted by Crippen LogP contribution is 2.26. The van der Waals surface area contributed by atoms with Crippen LogP contribution in [0.3, 0.4) is 0 Å². The lowest BCUT2D eigenvalue weighted by Crippen LogP contribution is -2.22. The molecule has 0 aliphatic heterocycles. The molecule has 2 heterocycles. The van der Waals surface area contributed by atoms with Crippen LogP contribution in [0.2, 0.25) is 10.0 Å². The Hall–Kier alpha value is -2.72. The number of benzene rings is 1. The molecule has 2 N–H and O–H groups in total. The van der Waals surface area contributed by atoms with Crippen molar-refractivity contribution in [3.8, 4) is 0 Å².